The predicted molar refractivity (Wildman–Crippen MR) is 76.9 cm³/mol. The molecule has 106 valence electrons. The Kier molecular flexibility index (Phi) is 4.46. The molecule has 0 spiro atoms. The highest BCUT2D eigenvalue weighted by atomic mass is 19.1. The maximum absolute atomic E-state index is 14.2. The first-order valence-electron chi connectivity index (χ1n) is 7.21. The van der Waals surface area contributed by atoms with E-state index in [9.17, 15) is 9.50 Å². The van der Waals surface area contributed by atoms with Crippen LogP contribution in [0.1, 0.15) is 51.2 Å². The third-order valence-electron chi connectivity index (χ3n) is 4.38. The summed E-state index contributed by atoms with van der Waals surface area (Å²) in [7, 11) is 1.96. The lowest BCUT2D eigenvalue weighted by Gasteiger charge is -2.39. The molecule has 1 aromatic rings. The fourth-order valence-electron chi connectivity index (χ4n) is 3.28. The van der Waals surface area contributed by atoms with Crippen molar-refractivity contribution in [2.45, 2.75) is 51.7 Å². The van der Waals surface area contributed by atoms with Crippen LogP contribution in [0.5, 0.6) is 0 Å². The van der Waals surface area contributed by atoms with Crippen LogP contribution in [0.2, 0.25) is 0 Å². The number of para-hydroxylation sites is 1. The first-order chi connectivity index (χ1) is 9.02. The minimum Gasteiger partial charge on any atom is -0.389 e. The molecule has 0 bridgehead atoms. The van der Waals surface area contributed by atoms with Crippen LogP contribution in [-0.4, -0.2) is 18.2 Å². The fraction of sp³-hybridized carbons (Fsp3) is 0.625. The van der Waals surface area contributed by atoms with Crippen LogP contribution in [-0.2, 0) is 0 Å². The van der Waals surface area contributed by atoms with E-state index >= 15 is 0 Å². The molecule has 2 nitrogen and oxygen atoms in total. The molecular formula is C16H24FNO. The normalized spacial score (nSPS) is 25.1. The Morgan fingerprint density at radius 3 is 2.63 bits per heavy atom. The molecule has 2 rings (SSSR count). The summed E-state index contributed by atoms with van der Waals surface area (Å²) in [6, 6.07) is 5.32. The van der Waals surface area contributed by atoms with Gasteiger partial charge < -0.3 is 10.0 Å². The van der Waals surface area contributed by atoms with Gasteiger partial charge in [-0.3, -0.25) is 0 Å². The van der Waals surface area contributed by atoms with Gasteiger partial charge in [0.25, 0.3) is 0 Å². The minimum atomic E-state index is -0.646. The number of anilines is 1. The van der Waals surface area contributed by atoms with E-state index in [4.69, 9.17) is 0 Å². The molecule has 1 N–H and O–H groups in total. The molecule has 0 saturated heterocycles. The highest BCUT2D eigenvalue weighted by Crippen LogP contribution is 2.35. The standard InChI is InChI=1S/C16H24FNO/c1-11-7-4-5-10-15(11)18(3)16-13(12(2)19)8-6-9-14(16)17/h6,8-9,11-12,15,19H,4-5,7,10H2,1-3H3/t11?,12-,15?/m1/s1. The molecule has 3 atom stereocenters. The maximum Gasteiger partial charge on any atom is 0.146 e. The number of hydrogen-bond donors (Lipinski definition) is 1. The summed E-state index contributed by atoms with van der Waals surface area (Å²) in [5.41, 5.74) is 1.25. The zero-order chi connectivity index (χ0) is 14.0. The topological polar surface area (TPSA) is 23.5 Å². The molecule has 1 saturated carbocycles. The van der Waals surface area contributed by atoms with Crippen molar-refractivity contribution in [2.75, 3.05) is 11.9 Å². The number of halogens is 1. The number of aliphatic hydroxyl groups excluding tert-OH is 1. The number of aliphatic hydroxyl groups is 1. The maximum atomic E-state index is 14.2. The van der Waals surface area contributed by atoms with Crippen molar-refractivity contribution in [1.82, 2.24) is 0 Å². The summed E-state index contributed by atoms with van der Waals surface area (Å²) in [5, 5.41) is 9.85. The smallest absolute Gasteiger partial charge is 0.146 e. The molecule has 1 aliphatic rings. The van der Waals surface area contributed by atoms with Gasteiger partial charge >= 0.3 is 0 Å². The van der Waals surface area contributed by atoms with E-state index in [-0.39, 0.29) is 5.82 Å². The van der Waals surface area contributed by atoms with Crippen molar-refractivity contribution in [2.24, 2.45) is 5.92 Å². The van der Waals surface area contributed by atoms with Crippen molar-refractivity contribution in [1.29, 1.82) is 0 Å². The average Bonchev–Trinajstić information content (AvgIpc) is 2.38. The number of benzene rings is 1. The number of nitrogens with zero attached hydrogens (tertiary/aromatic N) is 1. The Bertz CT molecular complexity index is 433. The Labute approximate surface area is 115 Å². The van der Waals surface area contributed by atoms with Crippen LogP contribution in [0.25, 0.3) is 0 Å². The Balaban J connectivity index is 2.34. The van der Waals surface area contributed by atoms with E-state index < -0.39 is 6.10 Å². The third kappa shape index (κ3) is 2.92. The van der Waals surface area contributed by atoms with Gasteiger partial charge in [-0.2, -0.15) is 0 Å². The number of rotatable bonds is 3. The van der Waals surface area contributed by atoms with Gasteiger partial charge in [-0.25, -0.2) is 4.39 Å². The average molecular weight is 265 g/mol. The molecule has 1 aliphatic carbocycles. The Hall–Kier alpha value is -1.09. The van der Waals surface area contributed by atoms with Gasteiger partial charge in [0.1, 0.15) is 5.82 Å². The van der Waals surface area contributed by atoms with Gasteiger partial charge in [0.05, 0.1) is 11.8 Å². The predicted octanol–water partition coefficient (Wildman–Crippen LogP) is 3.89. The van der Waals surface area contributed by atoms with Gasteiger partial charge in [0.15, 0.2) is 0 Å². The van der Waals surface area contributed by atoms with Crippen LogP contribution in [0.4, 0.5) is 10.1 Å². The van der Waals surface area contributed by atoms with E-state index in [1.54, 1.807) is 13.0 Å². The van der Waals surface area contributed by atoms with E-state index in [0.29, 0.717) is 23.2 Å². The SMILES string of the molecule is CC1CCCCC1N(C)c1c(F)cccc1[C@@H](C)O. The van der Waals surface area contributed by atoms with Crippen LogP contribution in [0.3, 0.4) is 0 Å². The zero-order valence-corrected chi connectivity index (χ0v) is 12.1. The van der Waals surface area contributed by atoms with Gasteiger partial charge in [-0.1, -0.05) is 31.9 Å². The molecule has 0 amide bonds. The lowest BCUT2D eigenvalue weighted by atomic mass is 9.84. The molecule has 19 heavy (non-hydrogen) atoms. The largest absolute Gasteiger partial charge is 0.389 e. The van der Waals surface area contributed by atoms with Crippen LogP contribution < -0.4 is 4.90 Å². The van der Waals surface area contributed by atoms with Crippen molar-refractivity contribution in [3.8, 4) is 0 Å². The van der Waals surface area contributed by atoms with E-state index in [2.05, 4.69) is 6.92 Å². The molecule has 1 fully saturated rings. The number of hydrogen-bond acceptors (Lipinski definition) is 2. The summed E-state index contributed by atoms with van der Waals surface area (Å²) in [4.78, 5) is 2.04. The quantitative estimate of drug-likeness (QED) is 0.896. The summed E-state index contributed by atoms with van der Waals surface area (Å²) >= 11 is 0. The molecule has 1 aromatic carbocycles. The first-order valence-corrected chi connectivity index (χ1v) is 7.21. The van der Waals surface area contributed by atoms with Gasteiger partial charge in [-0.15, -0.1) is 0 Å². The second-order valence-electron chi connectivity index (χ2n) is 5.79. The second kappa shape index (κ2) is 5.91. The van der Waals surface area contributed by atoms with Crippen molar-refractivity contribution < 1.29 is 9.50 Å². The van der Waals surface area contributed by atoms with E-state index in [1.807, 2.05) is 18.0 Å². The van der Waals surface area contributed by atoms with Gasteiger partial charge in [0, 0.05) is 18.7 Å². The molecule has 0 aromatic heterocycles. The third-order valence-corrected chi connectivity index (χ3v) is 4.38. The van der Waals surface area contributed by atoms with E-state index in [0.717, 1.165) is 6.42 Å². The van der Waals surface area contributed by atoms with Gasteiger partial charge in [-0.05, 0) is 31.7 Å². The Morgan fingerprint density at radius 1 is 1.32 bits per heavy atom. The van der Waals surface area contributed by atoms with Gasteiger partial charge in [0.2, 0.25) is 0 Å². The highest BCUT2D eigenvalue weighted by Gasteiger charge is 2.28. The van der Waals surface area contributed by atoms with E-state index in [1.165, 1.54) is 25.3 Å². The van der Waals surface area contributed by atoms with Crippen molar-refractivity contribution in [3.05, 3.63) is 29.6 Å². The lowest BCUT2D eigenvalue weighted by Crippen LogP contribution is -2.40. The molecular weight excluding hydrogens is 241 g/mol. The lowest BCUT2D eigenvalue weighted by molar-refractivity contribution is 0.198. The van der Waals surface area contributed by atoms with Crippen LogP contribution in [0.15, 0.2) is 18.2 Å². The van der Waals surface area contributed by atoms with Crippen molar-refractivity contribution in [3.63, 3.8) is 0 Å². The zero-order valence-electron chi connectivity index (χ0n) is 12.1. The summed E-state index contributed by atoms with van der Waals surface area (Å²) in [6.45, 7) is 3.93. The first kappa shape index (κ1) is 14.3. The van der Waals surface area contributed by atoms with Crippen molar-refractivity contribution >= 4 is 5.69 Å². The summed E-state index contributed by atoms with van der Waals surface area (Å²) in [5.74, 6) is 0.332. The Morgan fingerprint density at radius 2 is 2.00 bits per heavy atom. The second-order valence-corrected chi connectivity index (χ2v) is 5.79. The molecule has 2 unspecified atom stereocenters. The van der Waals surface area contributed by atoms with Crippen LogP contribution >= 0.6 is 0 Å². The molecule has 3 heteroatoms. The fourth-order valence-corrected chi connectivity index (χ4v) is 3.28. The summed E-state index contributed by atoms with van der Waals surface area (Å²) < 4.78 is 14.2. The minimum absolute atomic E-state index is 0.237. The molecule has 0 heterocycles. The highest BCUT2D eigenvalue weighted by molar-refractivity contribution is 5.56. The summed E-state index contributed by atoms with van der Waals surface area (Å²) in [6.07, 6.45) is 4.13. The molecule has 0 aliphatic heterocycles. The molecule has 0 radical (unpaired) electrons. The van der Waals surface area contributed by atoms with Crippen LogP contribution in [0, 0.1) is 11.7 Å². The monoisotopic (exact) mass is 265 g/mol.